The van der Waals surface area contributed by atoms with Gasteiger partial charge < -0.3 is 5.32 Å². The van der Waals surface area contributed by atoms with Crippen LogP contribution in [0, 0.1) is 5.82 Å². The molecule has 8 heteroatoms. The van der Waals surface area contributed by atoms with Gasteiger partial charge in [-0.15, -0.1) is 0 Å². The fourth-order valence-corrected chi connectivity index (χ4v) is 4.25. The van der Waals surface area contributed by atoms with Gasteiger partial charge in [0.05, 0.1) is 4.90 Å². The average Bonchev–Trinajstić information content (AvgIpc) is 2.72. The van der Waals surface area contributed by atoms with E-state index >= 15 is 0 Å². The average molecular weight is 421 g/mol. The molecule has 156 valence electrons. The number of halogens is 1. The standard InChI is InChI=1S/C21H25FN2O4S/c1-3-24(4-2)29(27,28)19-11-5-16(6-12-19)15-23-21(26)14-13-20(25)17-7-9-18(22)10-8-17/h5-12H,3-4,13-15H2,1-2H3,(H,23,26). The number of carbonyl (C=O) groups is 2. The summed E-state index contributed by atoms with van der Waals surface area (Å²) in [7, 11) is -3.51. The van der Waals surface area contributed by atoms with Crippen LogP contribution in [0.1, 0.15) is 42.6 Å². The number of hydrogen-bond donors (Lipinski definition) is 1. The highest BCUT2D eigenvalue weighted by Gasteiger charge is 2.21. The number of carbonyl (C=O) groups excluding carboxylic acids is 2. The number of sulfonamides is 1. The van der Waals surface area contributed by atoms with E-state index in [1.54, 1.807) is 26.0 Å². The maximum Gasteiger partial charge on any atom is 0.243 e. The Morgan fingerprint density at radius 2 is 1.52 bits per heavy atom. The summed E-state index contributed by atoms with van der Waals surface area (Å²) in [6, 6.07) is 11.5. The summed E-state index contributed by atoms with van der Waals surface area (Å²) in [4.78, 5) is 24.2. The minimum Gasteiger partial charge on any atom is -0.352 e. The van der Waals surface area contributed by atoms with Crippen LogP contribution in [0.4, 0.5) is 4.39 Å². The Hall–Kier alpha value is -2.58. The van der Waals surface area contributed by atoms with Crippen LogP contribution in [-0.4, -0.2) is 37.5 Å². The molecule has 1 amide bonds. The van der Waals surface area contributed by atoms with Gasteiger partial charge in [0.25, 0.3) is 0 Å². The second-order valence-electron chi connectivity index (χ2n) is 6.44. The van der Waals surface area contributed by atoms with E-state index in [9.17, 15) is 22.4 Å². The van der Waals surface area contributed by atoms with Gasteiger partial charge >= 0.3 is 0 Å². The number of amides is 1. The van der Waals surface area contributed by atoms with E-state index in [0.717, 1.165) is 5.56 Å². The van der Waals surface area contributed by atoms with E-state index in [4.69, 9.17) is 0 Å². The van der Waals surface area contributed by atoms with Crippen LogP contribution in [0.25, 0.3) is 0 Å². The largest absolute Gasteiger partial charge is 0.352 e. The van der Waals surface area contributed by atoms with E-state index < -0.39 is 15.8 Å². The predicted octanol–water partition coefficient (Wildman–Crippen LogP) is 3.14. The topological polar surface area (TPSA) is 83.6 Å². The molecule has 2 aromatic rings. The summed E-state index contributed by atoms with van der Waals surface area (Å²) in [6.07, 6.45) is 0.0448. The molecule has 2 aromatic carbocycles. The van der Waals surface area contributed by atoms with E-state index in [0.29, 0.717) is 18.7 Å². The van der Waals surface area contributed by atoms with Crippen LogP contribution in [0.5, 0.6) is 0 Å². The summed E-state index contributed by atoms with van der Waals surface area (Å²) in [5.74, 6) is -0.943. The van der Waals surface area contributed by atoms with Crippen LogP contribution in [0.2, 0.25) is 0 Å². The lowest BCUT2D eigenvalue weighted by molar-refractivity contribution is -0.121. The lowest BCUT2D eigenvalue weighted by atomic mass is 10.1. The highest BCUT2D eigenvalue weighted by Crippen LogP contribution is 2.16. The van der Waals surface area contributed by atoms with Crippen molar-refractivity contribution in [3.63, 3.8) is 0 Å². The van der Waals surface area contributed by atoms with Crippen molar-refractivity contribution in [3.05, 3.63) is 65.5 Å². The molecule has 0 unspecified atom stereocenters. The third-order valence-corrected chi connectivity index (χ3v) is 6.57. The first-order valence-corrected chi connectivity index (χ1v) is 10.9. The Labute approximate surface area is 170 Å². The Bertz CT molecular complexity index is 938. The van der Waals surface area contributed by atoms with Gasteiger partial charge in [0, 0.05) is 38.0 Å². The summed E-state index contributed by atoms with van der Waals surface area (Å²) in [5, 5.41) is 2.71. The highest BCUT2D eigenvalue weighted by atomic mass is 32.2. The molecule has 0 radical (unpaired) electrons. The first kappa shape index (κ1) is 22.7. The fourth-order valence-electron chi connectivity index (χ4n) is 2.79. The minimum atomic E-state index is -3.51. The summed E-state index contributed by atoms with van der Waals surface area (Å²) >= 11 is 0. The number of rotatable bonds is 10. The van der Waals surface area contributed by atoms with Crippen molar-refractivity contribution >= 4 is 21.7 Å². The highest BCUT2D eigenvalue weighted by molar-refractivity contribution is 7.89. The summed E-state index contributed by atoms with van der Waals surface area (Å²) in [5.41, 5.74) is 1.12. The lowest BCUT2D eigenvalue weighted by Gasteiger charge is -2.18. The van der Waals surface area contributed by atoms with Crippen LogP contribution in [-0.2, 0) is 21.4 Å². The van der Waals surface area contributed by atoms with Crippen molar-refractivity contribution in [2.75, 3.05) is 13.1 Å². The number of nitrogens with zero attached hydrogens (tertiary/aromatic N) is 1. The quantitative estimate of drug-likeness (QED) is 0.599. The molecule has 0 bridgehead atoms. The smallest absolute Gasteiger partial charge is 0.243 e. The molecule has 6 nitrogen and oxygen atoms in total. The van der Waals surface area contributed by atoms with Crippen molar-refractivity contribution in [3.8, 4) is 0 Å². The monoisotopic (exact) mass is 420 g/mol. The zero-order chi connectivity index (χ0) is 21.4. The van der Waals surface area contributed by atoms with Crippen molar-refractivity contribution in [1.29, 1.82) is 0 Å². The Kier molecular flexibility index (Phi) is 8.04. The van der Waals surface area contributed by atoms with E-state index in [1.165, 1.54) is 40.7 Å². The van der Waals surface area contributed by atoms with Crippen molar-refractivity contribution in [2.24, 2.45) is 0 Å². The summed E-state index contributed by atoms with van der Waals surface area (Å²) in [6.45, 7) is 4.59. The van der Waals surface area contributed by atoms with Gasteiger partial charge in [0.1, 0.15) is 5.82 Å². The molecule has 29 heavy (non-hydrogen) atoms. The zero-order valence-corrected chi connectivity index (χ0v) is 17.3. The molecular formula is C21H25FN2O4S. The normalized spacial score (nSPS) is 11.4. The maximum absolute atomic E-state index is 12.9. The third-order valence-electron chi connectivity index (χ3n) is 4.50. The third kappa shape index (κ3) is 6.20. The van der Waals surface area contributed by atoms with Crippen LogP contribution < -0.4 is 5.32 Å². The molecule has 0 aliphatic heterocycles. The maximum atomic E-state index is 12.9. The van der Waals surface area contributed by atoms with Crippen molar-refractivity contribution < 1.29 is 22.4 Å². The van der Waals surface area contributed by atoms with E-state index in [1.807, 2.05) is 0 Å². The van der Waals surface area contributed by atoms with E-state index in [2.05, 4.69) is 5.32 Å². The molecule has 0 aliphatic rings. The second-order valence-corrected chi connectivity index (χ2v) is 8.38. The molecule has 0 saturated heterocycles. The molecule has 0 atom stereocenters. The Balaban J connectivity index is 1.86. The van der Waals surface area contributed by atoms with Gasteiger partial charge in [-0.05, 0) is 42.0 Å². The van der Waals surface area contributed by atoms with Gasteiger partial charge in [0.2, 0.25) is 15.9 Å². The first-order chi connectivity index (χ1) is 13.8. The molecule has 0 heterocycles. The molecule has 1 N–H and O–H groups in total. The summed E-state index contributed by atoms with van der Waals surface area (Å²) < 4.78 is 39.2. The van der Waals surface area contributed by atoms with Crippen LogP contribution >= 0.6 is 0 Å². The fraction of sp³-hybridized carbons (Fsp3) is 0.333. The molecule has 2 rings (SSSR count). The molecule has 0 spiro atoms. The minimum absolute atomic E-state index is 0.0185. The second kappa shape index (κ2) is 10.3. The van der Waals surface area contributed by atoms with Crippen molar-refractivity contribution in [2.45, 2.75) is 38.1 Å². The van der Waals surface area contributed by atoms with Gasteiger partial charge in [-0.1, -0.05) is 26.0 Å². The molecule has 0 aromatic heterocycles. The van der Waals surface area contributed by atoms with Gasteiger partial charge in [-0.3, -0.25) is 9.59 Å². The van der Waals surface area contributed by atoms with E-state index in [-0.39, 0.29) is 36.0 Å². The molecule has 0 saturated carbocycles. The van der Waals surface area contributed by atoms with Crippen LogP contribution in [0.3, 0.4) is 0 Å². The van der Waals surface area contributed by atoms with Gasteiger partial charge in [-0.2, -0.15) is 4.31 Å². The number of Topliss-reactive ketones (excluding diaryl/α,β-unsaturated/α-hetero) is 1. The number of nitrogens with one attached hydrogen (secondary N) is 1. The Morgan fingerprint density at radius 1 is 0.931 bits per heavy atom. The molecular weight excluding hydrogens is 395 g/mol. The SMILES string of the molecule is CCN(CC)S(=O)(=O)c1ccc(CNC(=O)CCC(=O)c2ccc(F)cc2)cc1. The number of ketones is 1. The van der Waals surface area contributed by atoms with Gasteiger partial charge in [0.15, 0.2) is 5.78 Å². The van der Waals surface area contributed by atoms with Gasteiger partial charge in [-0.25, -0.2) is 12.8 Å². The first-order valence-electron chi connectivity index (χ1n) is 9.42. The Morgan fingerprint density at radius 3 is 2.07 bits per heavy atom. The van der Waals surface area contributed by atoms with Crippen molar-refractivity contribution in [1.82, 2.24) is 9.62 Å². The predicted molar refractivity (Wildman–Crippen MR) is 108 cm³/mol. The van der Waals surface area contributed by atoms with Crippen LogP contribution in [0.15, 0.2) is 53.4 Å². The molecule has 0 aliphatic carbocycles. The zero-order valence-electron chi connectivity index (χ0n) is 16.5. The number of hydrogen-bond acceptors (Lipinski definition) is 4. The lowest BCUT2D eigenvalue weighted by Crippen LogP contribution is -2.30. The molecule has 0 fully saturated rings. The number of benzene rings is 2.